The summed E-state index contributed by atoms with van der Waals surface area (Å²) in [6.45, 7) is 2.04. The zero-order valence-corrected chi connectivity index (χ0v) is 13.2. The van der Waals surface area contributed by atoms with Gasteiger partial charge in [-0.3, -0.25) is 0 Å². The van der Waals surface area contributed by atoms with Crippen LogP contribution in [0.25, 0.3) is 0 Å². The lowest BCUT2D eigenvalue weighted by atomic mass is 10.2. The highest BCUT2D eigenvalue weighted by Gasteiger charge is 2.09. The van der Waals surface area contributed by atoms with Crippen molar-refractivity contribution in [3.8, 4) is 11.5 Å². The highest BCUT2D eigenvalue weighted by atomic mass is 79.9. The second-order valence-corrected chi connectivity index (χ2v) is 5.24. The minimum Gasteiger partial charge on any atom is -0.493 e. The topological polar surface area (TPSA) is 56.5 Å². The molecule has 0 aliphatic carbocycles. The molecule has 0 aliphatic rings. The lowest BCUT2D eigenvalue weighted by Gasteiger charge is -2.14. The number of anilines is 3. The summed E-state index contributed by atoms with van der Waals surface area (Å²) in [5.41, 5.74) is 9.52. The number of rotatable bonds is 4. The fraction of sp³-hybridized carbons (Fsp3) is 0.200. The average Bonchev–Trinajstić information content (AvgIpc) is 2.44. The van der Waals surface area contributed by atoms with Gasteiger partial charge in [0.1, 0.15) is 0 Å². The fourth-order valence-corrected chi connectivity index (χ4v) is 2.21. The second-order valence-electron chi connectivity index (χ2n) is 4.38. The van der Waals surface area contributed by atoms with Crippen molar-refractivity contribution < 1.29 is 9.47 Å². The number of benzene rings is 2. The van der Waals surface area contributed by atoms with E-state index in [1.54, 1.807) is 20.3 Å². The first kappa shape index (κ1) is 14.5. The Morgan fingerprint density at radius 1 is 1.05 bits per heavy atom. The van der Waals surface area contributed by atoms with E-state index in [4.69, 9.17) is 15.2 Å². The highest BCUT2D eigenvalue weighted by Crippen LogP contribution is 2.36. The van der Waals surface area contributed by atoms with Crippen molar-refractivity contribution >= 4 is 33.0 Å². The smallest absolute Gasteiger partial charge is 0.162 e. The van der Waals surface area contributed by atoms with Gasteiger partial charge in [0, 0.05) is 22.3 Å². The first-order valence-electron chi connectivity index (χ1n) is 6.10. The van der Waals surface area contributed by atoms with Crippen LogP contribution in [-0.4, -0.2) is 14.2 Å². The van der Waals surface area contributed by atoms with Crippen LogP contribution >= 0.6 is 15.9 Å². The Labute approximate surface area is 127 Å². The molecule has 3 N–H and O–H groups in total. The highest BCUT2D eigenvalue weighted by molar-refractivity contribution is 9.10. The van der Waals surface area contributed by atoms with Crippen LogP contribution in [-0.2, 0) is 0 Å². The molecule has 0 heterocycles. The number of nitrogen functional groups attached to an aromatic ring is 1. The molecule has 2 aromatic rings. The van der Waals surface area contributed by atoms with E-state index in [1.807, 2.05) is 31.2 Å². The van der Waals surface area contributed by atoms with Gasteiger partial charge in [0.25, 0.3) is 0 Å². The van der Waals surface area contributed by atoms with Crippen LogP contribution in [0.4, 0.5) is 17.1 Å². The van der Waals surface area contributed by atoms with E-state index in [0.29, 0.717) is 17.2 Å². The molecular formula is C15H17BrN2O2. The zero-order valence-electron chi connectivity index (χ0n) is 11.7. The summed E-state index contributed by atoms with van der Waals surface area (Å²) in [6, 6.07) is 9.59. The molecule has 0 radical (unpaired) electrons. The van der Waals surface area contributed by atoms with E-state index in [1.165, 1.54) is 5.56 Å². The first-order chi connectivity index (χ1) is 9.55. The molecule has 2 aromatic carbocycles. The molecule has 0 amide bonds. The summed E-state index contributed by atoms with van der Waals surface area (Å²) in [5, 5.41) is 3.28. The van der Waals surface area contributed by atoms with Gasteiger partial charge in [-0.2, -0.15) is 0 Å². The van der Waals surface area contributed by atoms with Crippen LogP contribution in [0.2, 0.25) is 0 Å². The van der Waals surface area contributed by atoms with Crippen molar-refractivity contribution in [3.05, 3.63) is 40.4 Å². The zero-order chi connectivity index (χ0) is 14.7. The number of halogens is 1. The standard InChI is InChI=1S/C15H17BrN2O2/c1-9-4-5-10(6-11(9)16)18-13-8-15(20-3)14(19-2)7-12(13)17/h4-8,18H,17H2,1-3H3. The third-order valence-corrected chi connectivity index (χ3v) is 3.86. The molecule has 5 heteroatoms. The molecule has 20 heavy (non-hydrogen) atoms. The van der Waals surface area contributed by atoms with Gasteiger partial charge >= 0.3 is 0 Å². The molecule has 0 fully saturated rings. The largest absolute Gasteiger partial charge is 0.493 e. The SMILES string of the molecule is COc1cc(N)c(Nc2ccc(C)c(Br)c2)cc1OC. The second kappa shape index (κ2) is 6.05. The molecule has 0 unspecified atom stereocenters. The van der Waals surface area contributed by atoms with Gasteiger partial charge in [0.15, 0.2) is 11.5 Å². The molecule has 0 saturated carbocycles. The summed E-state index contributed by atoms with van der Waals surface area (Å²) >= 11 is 3.51. The minimum absolute atomic E-state index is 0.597. The molecule has 0 atom stereocenters. The Morgan fingerprint density at radius 2 is 1.70 bits per heavy atom. The van der Waals surface area contributed by atoms with Crippen molar-refractivity contribution in [1.82, 2.24) is 0 Å². The van der Waals surface area contributed by atoms with Crippen molar-refractivity contribution in [2.24, 2.45) is 0 Å². The maximum atomic E-state index is 6.03. The van der Waals surface area contributed by atoms with Crippen molar-refractivity contribution in [2.45, 2.75) is 6.92 Å². The Hall–Kier alpha value is -1.88. The van der Waals surface area contributed by atoms with Gasteiger partial charge < -0.3 is 20.5 Å². The molecule has 0 spiro atoms. The maximum absolute atomic E-state index is 6.03. The molecule has 2 rings (SSSR count). The van der Waals surface area contributed by atoms with Crippen LogP contribution in [0.1, 0.15) is 5.56 Å². The van der Waals surface area contributed by atoms with Gasteiger partial charge in [-0.25, -0.2) is 0 Å². The average molecular weight is 337 g/mol. The van der Waals surface area contributed by atoms with E-state index in [-0.39, 0.29) is 0 Å². The quantitative estimate of drug-likeness (QED) is 0.825. The van der Waals surface area contributed by atoms with Gasteiger partial charge in [-0.15, -0.1) is 0 Å². The molecule has 0 bridgehead atoms. The number of nitrogens with one attached hydrogen (secondary N) is 1. The van der Waals surface area contributed by atoms with Gasteiger partial charge in [0.2, 0.25) is 0 Å². The number of ether oxygens (including phenoxy) is 2. The molecule has 0 aliphatic heterocycles. The molecule has 0 aromatic heterocycles. The Kier molecular flexibility index (Phi) is 4.39. The van der Waals surface area contributed by atoms with Crippen molar-refractivity contribution in [3.63, 3.8) is 0 Å². The summed E-state index contributed by atoms with van der Waals surface area (Å²) in [7, 11) is 3.18. The van der Waals surface area contributed by atoms with E-state index in [9.17, 15) is 0 Å². The van der Waals surface area contributed by atoms with Crippen molar-refractivity contribution in [1.29, 1.82) is 0 Å². The normalized spacial score (nSPS) is 10.2. The Morgan fingerprint density at radius 3 is 2.30 bits per heavy atom. The van der Waals surface area contributed by atoms with Crippen LogP contribution in [0, 0.1) is 6.92 Å². The van der Waals surface area contributed by atoms with E-state index in [2.05, 4.69) is 21.2 Å². The predicted molar refractivity (Wildman–Crippen MR) is 86.1 cm³/mol. The minimum atomic E-state index is 0.597. The molecule has 0 saturated heterocycles. The maximum Gasteiger partial charge on any atom is 0.162 e. The summed E-state index contributed by atoms with van der Waals surface area (Å²) in [6.07, 6.45) is 0. The summed E-state index contributed by atoms with van der Waals surface area (Å²) in [4.78, 5) is 0. The van der Waals surface area contributed by atoms with Gasteiger partial charge in [-0.05, 0) is 24.6 Å². The molecular weight excluding hydrogens is 320 g/mol. The Bertz CT molecular complexity index is 630. The van der Waals surface area contributed by atoms with Gasteiger partial charge in [0.05, 0.1) is 25.6 Å². The van der Waals surface area contributed by atoms with Crippen LogP contribution in [0.3, 0.4) is 0 Å². The lowest BCUT2D eigenvalue weighted by Crippen LogP contribution is -1.99. The Balaban J connectivity index is 2.35. The number of hydrogen-bond donors (Lipinski definition) is 2. The van der Waals surface area contributed by atoms with E-state index in [0.717, 1.165) is 15.8 Å². The van der Waals surface area contributed by atoms with Crippen molar-refractivity contribution in [2.75, 3.05) is 25.3 Å². The summed E-state index contributed by atoms with van der Waals surface area (Å²) < 4.78 is 11.5. The van der Waals surface area contributed by atoms with E-state index >= 15 is 0 Å². The van der Waals surface area contributed by atoms with Gasteiger partial charge in [-0.1, -0.05) is 22.0 Å². The number of nitrogens with two attached hydrogens (primary N) is 1. The van der Waals surface area contributed by atoms with Crippen LogP contribution < -0.4 is 20.5 Å². The monoisotopic (exact) mass is 336 g/mol. The molecule has 4 nitrogen and oxygen atoms in total. The fourth-order valence-electron chi connectivity index (χ4n) is 1.83. The van der Waals surface area contributed by atoms with Crippen LogP contribution in [0.5, 0.6) is 11.5 Å². The third kappa shape index (κ3) is 2.99. The third-order valence-electron chi connectivity index (χ3n) is 3.01. The number of methoxy groups -OCH3 is 2. The predicted octanol–water partition coefficient (Wildman–Crippen LogP) is 4.10. The van der Waals surface area contributed by atoms with E-state index < -0.39 is 0 Å². The first-order valence-corrected chi connectivity index (χ1v) is 6.89. The van der Waals surface area contributed by atoms with Crippen LogP contribution in [0.15, 0.2) is 34.8 Å². The number of hydrogen-bond acceptors (Lipinski definition) is 4. The number of aryl methyl sites for hydroxylation is 1. The molecule has 106 valence electrons. The lowest BCUT2D eigenvalue weighted by molar-refractivity contribution is 0.355. The summed E-state index contributed by atoms with van der Waals surface area (Å²) in [5.74, 6) is 1.25.